The standard InChI is InChI=1S/C12H23N3O2S/c1-5-9(3)7-10(4)15-18(16,17)12-8-13-11(6-2)14-12/h8-10,15H,5-7H2,1-4H3,(H,13,14). The van der Waals surface area contributed by atoms with Crippen LogP contribution in [0.15, 0.2) is 11.2 Å². The minimum atomic E-state index is -3.47. The maximum Gasteiger partial charge on any atom is 0.257 e. The number of rotatable bonds is 7. The summed E-state index contributed by atoms with van der Waals surface area (Å²) in [5.74, 6) is 1.20. The maximum atomic E-state index is 12.1. The molecule has 1 aromatic rings. The van der Waals surface area contributed by atoms with Gasteiger partial charge in [0.1, 0.15) is 5.82 Å². The molecule has 2 unspecified atom stereocenters. The van der Waals surface area contributed by atoms with E-state index in [1.54, 1.807) is 0 Å². The second kappa shape index (κ2) is 6.33. The van der Waals surface area contributed by atoms with Crippen molar-refractivity contribution in [3.63, 3.8) is 0 Å². The average molecular weight is 273 g/mol. The Morgan fingerprint density at radius 2 is 2.06 bits per heavy atom. The molecule has 0 saturated carbocycles. The van der Waals surface area contributed by atoms with E-state index in [9.17, 15) is 8.42 Å². The van der Waals surface area contributed by atoms with Crippen LogP contribution in [0.25, 0.3) is 0 Å². The summed E-state index contributed by atoms with van der Waals surface area (Å²) in [6, 6.07) is -0.0710. The van der Waals surface area contributed by atoms with Crippen LogP contribution in [0.1, 0.15) is 46.4 Å². The molecule has 0 amide bonds. The van der Waals surface area contributed by atoms with Crippen LogP contribution >= 0.6 is 0 Å². The number of aryl methyl sites for hydroxylation is 1. The number of imidazole rings is 1. The molecule has 0 aliphatic carbocycles. The van der Waals surface area contributed by atoms with E-state index in [0.717, 1.165) is 12.8 Å². The zero-order chi connectivity index (χ0) is 13.8. The Hall–Kier alpha value is -0.880. The van der Waals surface area contributed by atoms with Crippen molar-refractivity contribution in [2.45, 2.75) is 58.0 Å². The highest BCUT2D eigenvalue weighted by atomic mass is 32.2. The van der Waals surface area contributed by atoms with Crippen LogP contribution in [0.4, 0.5) is 0 Å². The van der Waals surface area contributed by atoms with Crippen LogP contribution in [0.3, 0.4) is 0 Å². The molecule has 104 valence electrons. The molecule has 0 bridgehead atoms. The smallest absolute Gasteiger partial charge is 0.257 e. The van der Waals surface area contributed by atoms with Gasteiger partial charge in [0.05, 0.1) is 6.20 Å². The molecule has 5 nitrogen and oxygen atoms in total. The van der Waals surface area contributed by atoms with Crippen molar-refractivity contribution in [2.75, 3.05) is 0 Å². The SMILES string of the molecule is CCc1ncc(S(=O)(=O)NC(C)CC(C)CC)[nH]1. The minimum absolute atomic E-state index is 0.0710. The van der Waals surface area contributed by atoms with Crippen molar-refractivity contribution < 1.29 is 8.42 Å². The van der Waals surface area contributed by atoms with Gasteiger partial charge < -0.3 is 4.98 Å². The first-order chi connectivity index (χ1) is 8.39. The van der Waals surface area contributed by atoms with E-state index in [-0.39, 0.29) is 11.1 Å². The fraction of sp³-hybridized carbons (Fsp3) is 0.750. The van der Waals surface area contributed by atoms with Crippen LogP contribution in [0, 0.1) is 5.92 Å². The van der Waals surface area contributed by atoms with Crippen molar-refractivity contribution in [3.05, 3.63) is 12.0 Å². The molecular formula is C12H23N3O2S. The highest BCUT2D eigenvalue weighted by molar-refractivity contribution is 7.89. The van der Waals surface area contributed by atoms with Gasteiger partial charge in [0, 0.05) is 12.5 Å². The fourth-order valence-corrected chi connectivity index (χ4v) is 3.00. The van der Waals surface area contributed by atoms with Crippen molar-refractivity contribution in [3.8, 4) is 0 Å². The summed E-state index contributed by atoms with van der Waals surface area (Å²) in [6.07, 6.45) is 3.95. The molecule has 2 N–H and O–H groups in total. The highest BCUT2D eigenvalue weighted by Gasteiger charge is 2.20. The third kappa shape index (κ3) is 4.10. The Labute approximate surface area is 109 Å². The third-order valence-electron chi connectivity index (χ3n) is 3.04. The summed E-state index contributed by atoms with van der Waals surface area (Å²) in [4.78, 5) is 6.82. The van der Waals surface area contributed by atoms with Crippen LogP contribution in [-0.4, -0.2) is 24.4 Å². The number of aromatic nitrogens is 2. The van der Waals surface area contributed by atoms with Crippen LogP contribution < -0.4 is 4.72 Å². The van der Waals surface area contributed by atoms with Crippen LogP contribution in [0.5, 0.6) is 0 Å². The van der Waals surface area contributed by atoms with Gasteiger partial charge in [0.25, 0.3) is 10.0 Å². The summed E-state index contributed by atoms with van der Waals surface area (Å²) in [7, 11) is -3.47. The minimum Gasteiger partial charge on any atom is -0.332 e. The van der Waals surface area contributed by atoms with E-state index in [4.69, 9.17) is 0 Å². The van der Waals surface area contributed by atoms with E-state index in [1.807, 2.05) is 13.8 Å². The molecule has 0 aromatic carbocycles. The predicted octanol–water partition coefficient (Wildman–Crippen LogP) is 2.08. The topological polar surface area (TPSA) is 74.8 Å². The zero-order valence-electron chi connectivity index (χ0n) is 11.5. The maximum absolute atomic E-state index is 12.1. The highest BCUT2D eigenvalue weighted by Crippen LogP contribution is 2.12. The molecule has 18 heavy (non-hydrogen) atoms. The lowest BCUT2D eigenvalue weighted by molar-refractivity contribution is 0.445. The molecule has 0 aliphatic heterocycles. The summed E-state index contributed by atoms with van der Waals surface area (Å²) in [6.45, 7) is 8.04. The lowest BCUT2D eigenvalue weighted by Gasteiger charge is -2.16. The summed E-state index contributed by atoms with van der Waals surface area (Å²) >= 11 is 0. The summed E-state index contributed by atoms with van der Waals surface area (Å²) < 4.78 is 26.8. The van der Waals surface area contributed by atoms with Crippen molar-refractivity contribution in [1.82, 2.24) is 14.7 Å². The monoisotopic (exact) mass is 273 g/mol. The zero-order valence-corrected chi connectivity index (χ0v) is 12.3. The molecule has 0 fully saturated rings. The van der Waals surface area contributed by atoms with E-state index in [0.29, 0.717) is 18.2 Å². The van der Waals surface area contributed by atoms with Crippen molar-refractivity contribution in [2.24, 2.45) is 5.92 Å². The molecule has 6 heteroatoms. The molecule has 1 rings (SSSR count). The van der Waals surface area contributed by atoms with E-state index in [2.05, 4.69) is 28.5 Å². The molecule has 0 saturated heterocycles. The Morgan fingerprint density at radius 1 is 1.39 bits per heavy atom. The Kier molecular flexibility index (Phi) is 5.34. The average Bonchev–Trinajstić information content (AvgIpc) is 2.77. The predicted molar refractivity (Wildman–Crippen MR) is 71.8 cm³/mol. The van der Waals surface area contributed by atoms with Crippen LogP contribution in [-0.2, 0) is 16.4 Å². The van der Waals surface area contributed by atoms with Gasteiger partial charge in [-0.05, 0) is 19.3 Å². The lowest BCUT2D eigenvalue weighted by Crippen LogP contribution is -2.34. The van der Waals surface area contributed by atoms with E-state index in [1.165, 1.54) is 6.20 Å². The summed E-state index contributed by atoms with van der Waals surface area (Å²) in [5, 5.41) is 0.148. The molecule has 1 aromatic heterocycles. The number of sulfonamides is 1. The largest absolute Gasteiger partial charge is 0.332 e. The van der Waals surface area contributed by atoms with Gasteiger partial charge in [-0.2, -0.15) is 0 Å². The van der Waals surface area contributed by atoms with Gasteiger partial charge in [-0.3, -0.25) is 0 Å². The Morgan fingerprint density at radius 3 is 2.56 bits per heavy atom. The first-order valence-corrected chi connectivity index (χ1v) is 7.93. The van der Waals surface area contributed by atoms with Gasteiger partial charge in [-0.15, -0.1) is 0 Å². The normalized spacial score (nSPS) is 15.6. The molecule has 0 spiro atoms. The molecule has 1 heterocycles. The first-order valence-electron chi connectivity index (χ1n) is 6.45. The molecule has 2 atom stereocenters. The van der Waals surface area contributed by atoms with Gasteiger partial charge in [-0.1, -0.05) is 27.2 Å². The quantitative estimate of drug-likeness (QED) is 0.798. The van der Waals surface area contributed by atoms with Crippen molar-refractivity contribution >= 4 is 10.0 Å². The summed E-state index contributed by atoms with van der Waals surface area (Å²) in [5.41, 5.74) is 0. The Bertz CT molecular complexity index is 467. The number of H-pyrrole nitrogens is 1. The third-order valence-corrected chi connectivity index (χ3v) is 4.54. The number of nitrogens with zero attached hydrogens (tertiary/aromatic N) is 1. The van der Waals surface area contributed by atoms with E-state index < -0.39 is 10.0 Å². The fourth-order valence-electron chi connectivity index (χ4n) is 1.81. The molecular weight excluding hydrogens is 250 g/mol. The van der Waals surface area contributed by atoms with Crippen LogP contribution in [0.2, 0.25) is 0 Å². The second-order valence-electron chi connectivity index (χ2n) is 4.82. The lowest BCUT2D eigenvalue weighted by atomic mass is 10.0. The van der Waals surface area contributed by atoms with Gasteiger partial charge >= 0.3 is 0 Å². The van der Waals surface area contributed by atoms with Gasteiger partial charge in [-0.25, -0.2) is 18.1 Å². The van der Waals surface area contributed by atoms with E-state index >= 15 is 0 Å². The number of hydrogen-bond acceptors (Lipinski definition) is 3. The number of hydrogen-bond donors (Lipinski definition) is 2. The Balaban J connectivity index is 2.69. The number of aromatic amines is 1. The van der Waals surface area contributed by atoms with Gasteiger partial charge in [0.15, 0.2) is 5.03 Å². The first kappa shape index (κ1) is 15.2. The van der Waals surface area contributed by atoms with Crippen molar-refractivity contribution in [1.29, 1.82) is 0 Å². The van der Waals surface area contributed by atoms with Gasteiger partial charge in [0.2, 0.25) is 0 Å². The molecule has 0 radical (unpaired) electrons. The number of nitrogens with one attached hydrogen (secondary N) is 2. The molecule has 0 aliphatic rings. The second-order valence-corrected chi connectivity index (χ2v) is 6.50.